The van der Waals surface area contributed by atoms with E-state index in [9.17, 15) is 4.79 Å². The number of likely N-dealkylation sites (N-methyl/N-ethyl adjacent to an activating group) is 1. The van der Waals surface area contributed by atoms with Crippen LogP contribution in [-0.4, -0.2) is 62.1 Å². The van der Waals surface area contributed by atoms with Crippen molar-refractivity contribution < 1.29 is 4.79 Å². The van der Waals surface area contributed by atoms with Crippen molar-refractivity contribution in [2.24, 2.45) is 0 Å². The molecule has 126 valence electrons. The highest BCUT2D eigenvalue weighted by atomic mass is 16.2. The van der Waals surface area contributed by atoms with Crippen LogP contribution in [0.25, 0.3) is 0 Å². The van der Waals surface area contributed by atoms with Crippen LogP contribution in [0.1, 0.15) is 40.4 Å². The molecule has 1 fully saturated rings. The number of H-pyrrole nitrogens is 1. The van der Waals surface area contributed by atoms with Gasteiger partial charge in [0.05, 0.1) is 6.54 Å². The van der Waals surface area contributed by atoms with Gasteiger partial charge in [-0.15, -0.1) is 0 Å². The van der Waals surface area contributed by atoms with Crippen molar-refractivity contribution in [2.75, 3.05) is 20.1 Å². The minimum absolute atomic E-state index is 0.0706. The summed E-state index contributed by atoms with van der Waals surface area (Å²) >= 11 is 0. The summed E-state index contributed by atoms with van der Waals surface area (Å²) in [5.41, 5.74) is 2.92. The predicted octanol–water partition coefficient (Wildman–Crippen LogP) is 1.03. The fourth-order valence-electron chi connectivity index (χ4n) is 3.70. The van der Waals surface area contributed by atoms with Crippen molar-refractivity contribution in [3.05, 3.63) is 41.2 Å². The number of aromatic nitrogens is 4. The van der Waals surface area contributed by atoms with Crippen molar-refractivity contribution in [1.82, 2.24) is 30.0 Å². The highest BCUT2D eigenvalue weighted by Gasteiger charge is 2.33. The molecule has 24 heavy (non-hydrogen) atoms. The van der Waals surface area contributed by atoms with Crippen molar-refractivity contribution >= 4 is 5.91 Å². The van der Waals surface area contributed by atoms with Crippen molar-refractivity contribution in [3.63, 3.8) is 0 Å². The quantitative estimate of drug-likeness (QED) is 0.908. The van der Waals surface area contributed by atoms with Gasteiger partial charge in [-0.2, -0.15) is 5.10 Å². The number of aromatic amines is 1. The normalized spacial score (nSPS) is 19.9. The van der Waals surface area contributed by atoms with Gasteiger partial charge in [-0.1, -0.05) is 0 Å². The molecule has 3 heterocycles. The van der Waals surface area contributed by atoms with Gasteiger partial charge in [0.2, 0.25) is 0 Å². The first-order chi connectivity index (χ1) is 11.7. The Balaban J connectivity index is 1.40. The number of rotatable bonds is 4. The number of hydrogen-bond donors (Lipinski definition) is 1. The number of nitrogens with one attached hydrogen (secondary N) is 1. The van der Waals surface area contributed by atoms with E-state index in [2.05, 4.69) is 32.1 Å². The second-order valence-electron chi connectivity index (χ2n) is 6.66. The zero-order valence-electron chi connectivity index (χ0n) is 13.9. The number of carbonyl (C=O) groups excluding carboxylic acids is 1. The summed E-state index contributed by atoms with van der Waals surface area (Å²) in [6.45, 7) is 2.22. The van der Waals surface area contributed by atoms with Crippen molar-refractivity contribution in [2.45, 2.75) is 38.3 Å². The van der Waals surface area contributed by atoms with Gasteiger partial charge >= 0.3 is 0 Å². The van der Waals surface area contributed by atoms with Crippen LogP contribution in [0.2, 0.25) is 0 Å². The number of likely N-dealkylation sites (tertiary alicyclic amines) is 1. The van der Waals surface area contributed by atoms with E-state index in [0.717, 1.165) is 55.9 Å². The van der Waals surface area contributed by atoms with E-state index in [-0.39, 0.29) is 5.91 Å². The Hall–Kier alpha value is -2.28. The van der Waals surface area contributed by atoms with Gasteiger partial charge in [0.1, 0.15) is 5.82 Å². The molecule has 4 rings (SSSR count). The molecular formula is C17H22N6O. The van der Waals surface area contributed by atoms with Crippen molar-refractivity contribution in [1.29, 1.82) is 0 Å². The Morgan fingerprint density at radius 3 is 3.04 bits per heavy atom. The van der Waals surface area contributed by atoms with Gasteiger partial charge in [-0.3, -0.25) is 14.8 Å². The molecule has 2 aliphatic rings. The average Bonchev–Trinajstić information content (AvgIpc) is 3.31. The molecule has 2 aromatic rings. The number of amides is 1. The summed E-state index contributed by atoms with van der Waals surface area (Å²) in [4.78, 5) is 25.5. The lowest BCUT2D eigenvalue weighted by Crippen LogP contribution is -2.36. The van der Waals surface area contributed by atoms with E-state index in [1.807, 2.05) is 11.0 Å². The highest BCUT2D eigenvalue weighted by Crippen LogP contribution is 2.25. The lowest BCUT2D eigenvalue weighted by Gasteiger charge is -2.23. The van der Waals surface area contributed by atoms with Crippen LogP contribution >= 0.6 is 0 Å². The second-order valence-corrected chi connectivity index (χ2v) is 6.66. The summed E-state index contributed by atoms with van der Waals surface area (Å²) in [5, 5.41) is 7.30. The predicted molar refractivity (Wildman–Crippen MR) is 88.4 cm³/mol. The third-order valence-electron chi connectivity index (χ3n) is 5.09. The maximum absolute atomic E-state index is 12.8. The van der Waals surface area contributed by atoms with E-state index in [1.165, 1.54) is 0 Å². The molecule has 1 unspecified atom stereocenters. The van der Waals surface area contributed by atoms with Crippen LogP contribution in [0.3, 0.4) is 0 Å². The first-order valence-electron chi connectivity index (χ1n) is 8.54. The number of carbonyl (C=O) groups is 1. The fourth-order valence-corrected chi connectivity index (χ4v) is 3.70. The third kappa shape index (κ3) is 2.80. The monoisotopic (exact) mass is 326 g/mol. The van der Waals surface area contributed by atoms with Gasteiger partial charge in [0.15, 0.2) is 5.69 Å². The summed E-state index contributed by atoms with van der Waals surface area (Å²) in [5.74, 6) is 0.885. The van der Waals surface area contributed by atoms with Gasteiger partial charge in [-0.05, 0) is 38.8 Å². The number of aryl methyl sites for hydroxylation is 1. The Labute approximate surface area is 141 Å². The molecule has 1 aliphatic heterocycles. The molecule has 0 aromatic carbocycles. The third-order valence-corrected chi connectivity index (χ3v) is 5.09. The van der Waals surface area contributed by atoms with E-state index in [1.54, 1.807) is 12.4 Å². The molecule has 0 bridgehead atoms. The molecule has 7 nitrogen and oxygen atoms in total. The summed E-state index contributed by atoms with van der Waals surface area (Å²) in [6, 6.07) is 2.16. The SMILES string of the molecule is CN(Cc1ncccn1)C1CCN(C(=O)c2n[nH]c3c2CCC3)C1. The molecule has 0 radical (unpaired) electrons. The average molecular weight is 326 g/mol. The molecule has 1 aliphatic carbocycles. The summed E-state index contributed by atoms with van der Waals surface area (Å²) in [6.07, 6.45) is 7.60. The highest BCUT2D eigenvalue weighted by molar-refractivity contribution is 5.94. The Kier molecular flexibility index (Phi) is 4.02. The Morgan fingerprint density at radius 1 is 1.38 bits per heavy atom. The van der Waals surface area contributed by atoms with E-state index in [0.29, 0.717) is 18.3 Å². The minimum Gasteiger partial charge on any atom is -0.336 e. The standard InChI is InChI=1S/C17H22N6O/c1-22(11-15-18-7-3-8-19-15)12-6-9-23(10-12)17(24)16-13-4-2-5-14(13)20-21-16/h3,7-8,12H,2,4-6,9-11H2,1H3,(H,20,21). The minimum atomic E-state index is 0.0706. The van der Waals surface area contributed by atoms with E-state index >= 15 is 0 Å². The number of nitrogens with zero attached hydrogens (tertiary/aromatic N) is 5. The molecule has 1 saturated heterocycles. The fraction of sp³-hybridized carbons (Fsp3) is 0.529. The summed E-state index contributed by atoms with van der Waals surface area (Å²) in [7, 11) is 2.07. The lowest BCUT2D eigenvalue weighted by molar-refractivity contribution is 0.0772. The maximum atomic E-state index is 12.8. The summed E-state index contributed by atoms with van der Waals surface area (Å²) < 4.78 is 0. The first kappa shape index (κ1) is 15.3. The first-order valence-corrected chi connectivity index (χ1v) is 8.54. The lowest BCUT2D eigenvalue weighted by atomic mass is 10.2. The number of fused-ring (bicyclic) bond motifs is 1. The van der Waals surface area contributed by atoms with Gasteiger partial charge in [-0.25, -0.2) is 9.97 Å². The zero-order valence-corrected chi connectivity index (χ0v) is 13.9. The van der Waals surface area contributed by atoms with Crippen LogP contribution in [0.4, 0.5) is 0 Å². The molecule has 7 heteroatoms. The van der Waals surface area contributed by atoms with Crippen LogP contribution in [0.15, 0.2) is 18.5 Å². The molecule has 0 saturated carbocycles. The molecular weight excluding hydrogens is 304 g/mol. The molecule has 1 amide bonds. The molecule has 2 aromatic heterocycles. The smallest absolute Gasteiger partial charge is 0.274 e. The van der Waals surface area contributed by atoms with Gasteiger partial charge in [0.25, 0.3) is 5.91 Å². The molecule has 0 spiro atoms. The van der Waals surface area contributed by atoms with Crippen LogP contribution in [0.5, 0.6) is 0 Å². The van der Waals surface area contributed by atoms with E-state index in [4.69, 9.17) is 0 Å². The van der Waals surface area contributed by atoms with Crippen LogP contribution in [-0.2, 0) is 19.4 Å². The van der Waals surface area contributed by atoms with Gasteiger partial charge < -0.3 is 4.90 Å². The maximum Gasteiger partial charge on any atom is 0.274 e. The van der Waals surface area contributed by atoms with Crippen molar-refractivity contribution in [3.8, 4) is 0 Å². The molecule has 1 atom stereocenters. The Morgan fingerprint density at radius 2 is 2.21 bits per heavy atom. The second kappa shape index (κ2) is 6.32. The van der Waals surface area contributed by atoms with Gasteiger partial charge in [0, 0.05) is 42.8 Å². The molecule has 1 N–H and O–H groups in total. The topological polar surface area (TPSA) is 78.0 Å². The zero-order chi connectivity index (χ0) is 16.5. The van der Waals surface area contributed by atoms with Crippen LogP contribution < -0.4 is 0 Å². The Bertz CT molecular complexity index is 728. The van der Waals surface area contributed by atoms with Crippen LogP contribution in [0, 0.1) is 0 Å². The largest absolute Gasteiger partial charge is 0.336 e. The number of hydrogen-bond acceptors (Lipinski definition) is 5. The van der Waals surface area contributed by atoms with E-state index < -0.39 is 0 Å².